The van der Waals surface area contributed by atoms with Gasteiger partial charge in [0.1, 0.15) is 5.01 Å². The van der Waals surface area contributed by atoms with E-state index in [9.17, 15) is 4.79 Å². The van der Waals surface area contributed by atoms with Gasteiger partial charge in [-0.15, -0.1) is 11.3 Å². The van der Waals surface area contributed by atoms with Crippen molar-refractivity contribution in [1.82, 2.24) is 10.3 Å². The van der Waals surface area contributed by atoms with Crippen LogP contribution in [0.2, 0.25) is 0 Å². The molecule has 0 aliphatic carbocycles. The molecule has 0 unspecified atom stereocenters. The molecule has 1 aromatic heterocycles. The van der Waals surface area contributed by atoms with Gasteiger partial charge in [-0.05, 0) is 12.1 Å². The molecule has 1 heterocycles. The van der Waals surface area contributed by atoms with Gasteiger partial charge in [-0.25, -0.2) is 9.78 Å². The fourth-order valence-electron chi connectivity index (χ4n) is 1.99. The molecule has 2 aromatic carbocycles. The quantitative estimate of drug-likeness (QED) is 0.761. The van der Waals surface area contributed by atoms with E-state index in [0.717, 1.165) is 22.0 Å². The molecular formula is C17H15N3OS. The Bertz CT molecular complexity index is 741. The molecule has 2 amide bonds. The van der Waals surface area contributed by atoms with Gasteiger partial charge in [0.15, 0.2) is 0 Å². The highest BCUT2D eigenvalue weighted by atomic mass is 32.1. The van der Waals surface area contributed by atoms with Gasteiger partial charge in [0.25, 0.3) is 0 Å². The maximum Gasteiger partial charge on any atom is 0.319 e. The van der Waals surface area contributed by atoms with Gasteiger partial charge < -0.3 is 10.6 Å². The average molecular weight is 309 g/mol. The average Bonchev–Trinajstić information content (AvgIpc) is 3.04. The van der Waals surface area contributed by atoms with Crippen LogP contribution in [0.1, 0.15) is 5.01 Å². The first-order valence-corrected chi connectivity index (χ1v) is 7.79. The smallest absolute Gasteiger partial charge is 0.319 e. The Morgan fingerprint density at radius 3 is 2.41 bits per heavy atom. The largest absolute Gasteiger partial charge is 0.331 e. The third-order valence-electron chi connectivity index (χ3n) is 3.05. The third-order valence-corrected chi connectivity index (χ3v) is 3.90. The lowest BCUT2D eigenvalue weighted by atomic mass is 10.2. The van der Waals surface area contributed by atoms with Crippen molar-refractivity contribution in [2.45, 2.75) is 6.54 Å². The van der Waals surface area contributed by atoms with Crippen LogP contribution < -0.4 is 10.6 Å². The molecule has 0 spiro atoms. The lowest BCUT2D eigenvalue weighted by Gasteiger charge is -2.05. The molecule has 22 heavy (non-hydrogen) atoms. The summed E-state index contributed by atoms with van der Waals surface area (Å²) in [5.41, 5.74) is 2.79. The number of thiazole rings is 1. The SMILES string of the molecule is O=C(NCc1nc(-c2ccccc2)cs1)Nc1ccccc1. The number of hydrogen-bond acceptors (Lipinski definition) is 3. The standard InChI is InChI=1S/C17H15N3OS/c21-17(19-14-9-5-2-6-10-14)18-11-16-20-15(12-22-16)13-7-3-1-4-8-13/h1-10,12H,11H2,(H2,18,19,21). The molecule has 0 radical (unpaired) electrons. The van der Waals surface area contributed by atoms with Crippen LogP contribution in [0.3, 0.4) is 0 Å². The number of carbonyl (C=O) groups is 1. The van der Waals surface area contributed by atoms with E-state index in [1.54, 1.807) is 0 Å². The number of aromatic nitrogens is 1. The molecule has 0 atom stereocenters. The van der Waals surface area contributed by atoms with Gasteiger partial charge in [-0.3, -0.25) is 0 Å². The number of nitrogens with zero attached hydrogens (tertiary/aromatic N) is 1. The van der Waals surface area contributed by atoms with Crippen LogP contribution in [0.5, 0.6) is 0 Å². The summed E-state index contributed by atoms with van der Waals surface area (Å²) < 4.78 is 0. The molecule has 5 heteroatoms. The van der Waals surface area contributed by atoms with E-state index in [1.165, 1.54) is 11.3 Å². The monoisotopic (exact) mass is 309 g/mol. The van der Waals surface area contributed by atoms with Gasteiger partial charge in [-0.2, -0.15) is 0 Å². The van der Waals surface area contributed by atoms with Crippen molar-refractivity contribution in [2.75, 3.05) is 5.32 Å². The summed E-state index contributed by atoms with van der Waals surface area (Å²) in [4.78, 5) is 16.4. The molecule has 0 saturated carbocycles. The molecule has 0 fully saturated rings. The van der Waals surface area contributed by atoms with E-state index < -0.39 is 0 Å². The van der Waals surface area contributed by atoms with Crippen LogP contribution >= 0.6 is 11.3 Å². The number of urea groups is 1. The number of anilines is 1. The maximum atomic E-state index is 11.8. The van der Waals surface area contributed by atoms with Crippen molar-refractivity contribution in [3.05, 3.63) is 71.1 Å². The minimum atomic E-state index is -0.234. The minimum absolute atomic E-state index is 0.234. The Morgan fingerprint density at radius 2 is 1.68 bits per heavy atom. The first-order valence-electron chi connectivity index (χ1n) is 6.91. The minimum Gasteiger partial charge on any atom is -0.331 e. The molecule has 0 aliphatic heterocycles. The van der Waals surface area contributed by atoms with E-state index in [1.807, 2.05) is 66.0 Å². The predicted molar refractivity (Wildman–Crippen MR) is 89.9 cm³/mol. The zero-order valence-electron chi connectivity index (χ0n) is 11.8. The zero-order chi connectivity index (χ0) is 15.2. The first-order chi connectivity index (χ1) is 10.8. The summed E-state index contributed by atoms with van der Waals surface area (Å²) in [6.07, 6.45) is 0. The summed E-state index contributed by atoms with van der Waals surface area (Å²) in [6, 6.07) is 19.1. The van der Waals surface area contributed by atoms with Crippen LogP contribution in [0, 0.1) is 0 Å². The highest BCUT2D eigenvalue weighted by Crippen LogP contribution is 2.21. The van der Waals surface area contributed by atoms with Crippen molar-refractivity contribution < 1.29 is 4.79 Å². The molecule has 0 bridgehead atoms. The van der Waals surface area contributed by atoms with E-state index in [0.29, 0.717) is 6.54 Å². The second-order valence-electron chi connectivity index (χ2n) is 4.67. The zero-order valence-corrected chi connectivity index (χ0v) is 12.6. The molecule has 3 aromatic rings. The summed E-state index contributed by atoms with van der Waals surface area (Å²) in [6.45, 7) is 0.413. The van der Waals surface area contributed by atoms with E-state index in [4.69, 9.17) is 0 Å². The Hall–Kier alpha value is -2.66. The topological polar surface area (TPSA) is 54.0 Å². The number of amides is 2. The third kappa shape index (κ3) is 3.71. The molecule has 3 rings (SSSR count). The van der Waals surface area contributed by atoms with E-state index in [2.05, 4.69) is 15.6 Å². The van der Waals surface area contributed by atoms with Crippen molar-refractivity contribution in [2.24, 2.45) is 0 Å². The summed E-state index contributed by atoms with van der Waals surface area (Å²) in [5, 5.41) is 8.47. The Balaban J connectivity index is 1.56. The molecule has 0 saturated heterocycles. The number of rotatable bonds is 4. The predicted octanol–water partition coefficient (Wildman–Crippen LogP) is 4.13. The van der Waals surface area contributed by atoms with Crippen molar-refractivity contribution in [3.63, 3.8) is 0 Å². The molecule has 2 N–H and O–H groups in total. The van der Waals surface area contributed by atoms with Crippen LogP contribution in [0.25, 0.3) is 11.3 Å². The molecule has 0 aliphatic rings. The van der Waals surface area contributed by atoms with Gasteiger partial charge in [-0.1, -0.05) is 48.5 Å². The second kappa shape index (κ2) is 6.87. The number of carbonyl (C=O) groups excluding carboxylic acids is 1. The normalized spacial score (nSPS) is 10.2. The Labute approximate surface area is 132 Å². The van der Waals surface area contributed by atoms with Crippen LogP contribution in [-0.2, 0) is 6.54 Å². The number of para-hydroxylation sites is 1. The second-order valence-corrected chi connectivity index (χ2v) is 5.61. The Kier molecular flexibility index (Phi) is 4.46. The van der Waals surface area contributed by atoms with Gasteiger partial charge in [0, 0.05) is 16.6 Å². The number of hydrogen-bond donors (Lipinski definition) is 2. The van der Waals surface area contributed by atoms with E-state index in [-0.39, 0.29) is 6.03 Å². The fraction of sp³-hybridized carbons (Fsp3) is 0.0588. The van der Waals surface area contributed by atoms with Gasteiger partial charge >= 0.3 is 6.03 Å². The van der Waals surface area contributed by atoms with Crippen molar-refractivity contribution in [1.29, 1.82) is 0 Å². The number of benzene rings is 2. The van der Waals surface area contributed by atoms with Crippen molar-refractivity contribution >= 4 is 23.1 Å². The van der Waals surface area contributed by atoms with E-state index >= 15 is 0 Å². The van der Waals surface area contributed by atoms with Crippen molar-refractivity contribution in [3.8, 4) is 11.3 Å². The summed E-state index contributed by atoms with van der Waals surface area (Å²) >= 11 is 1.54. The highest BCUT2D eigenvalue weighted by Gasteiger charge is 2.06. The molecule has 110 valence electrons. The van der Waals surface area contributed by atoms with Gasteiger partial charge in [0.05, 0.1) is 12.2 Å². The summed E-state index contributed by atoms with van der Waals surface area (Å²) in [5.74, 6) is 0. The van der Waals surface area contributed by atoms with Crippen LogP contribution in [0.4, 0.5) is 10.5 Å². The molecular weight excluding hydrogens is 294 g/mol. The van der Waals surface area contributed by atoms with Crippen LogP contribution in [0.15, 0.2) is 66.0 Å². The van der Waals surface area contributed by atoms with Gasteiger partial charge in [0.2, 0.25) is 0 Å². The lowest BCUT2D eigenvalue weighted by Crippen LogP contribution is -2.28. The highest BCUT2D eigenvalue weighted by molar-refractivity contribution is 7.09. The summed E-state index contributed by atoms with van der Waals surface area (Å²) in [7, 11) is 0. The maximum absolute atomic E-state index is 11.8. The Morgan fingerprint density at radius 1 is 1.00 bits per heavy atom. The number of nitrogens with one attached hydrogen (secondary N) is 2. The van der Waals surface area contributed by atoms with Crippen LogP contribution in [-0.4, -0.2) is 11.0 Å². The first kappa shape index (κ1) is 14.3. The molecule has 4 nitrogen and oxygen atoms in total. The fourth-order valence-corrected chi connectivity index (χ4v) is 2.73. The lowest BCUT2D eigenvalue weighted by molar-refractivity contribution is 0.251.